The number of H-pyrrole nitrogens is 1. The van der Waals surface area contributed by atoms with Crippen LogP contribution in [-0.4, -0.2) is 54.7 Å². The summed E-state index contributed by atoms with van der Waals surface area (Å²) in [4.78, 5) is 16.5. The quantitative estimate of drug-likeness (QED) is 0.806. The van der Waals surface area contributed by atoms with E-state index >= 15 is 0 Å². The SMILES string of the molecule is O=S(=O)(Nc1cnc(N2CCOCC2)nc1)c1cnc[nH]1. The number of hydrogen-bond donors (Lipinski definition) is 2. The number of nitrogens with zero attached hydrogens (tertiary/aromatic N) is 4. The summed E-state index contributed by atoms with van der Waals surface area (Å²) in [5, 5.41) is -0.0141. The predicted octanol–water partition coefficient (Wildman–Crippen LogP) is -0.163. The molecule has 0 bridgehead atoms. The third-order valence-corrected chi connectivity index (χ3v) is 4.25. The number of hydrogen-bond acceptors (Lipinski definition) is 7. The average Bonchev–Trinajstić information content (AvgIpc) is 3.04. The Bertz CT molecular complexity index is 679. The van der Waals surface area contributed by atoms with E-state index in [0.717, 1.165) is 13.1 Å². The van der Waals surface area contributed by atoms with Gasteiger partial charge in [0.1, 0.15) is 0 Å². The van der Waals surface area contributed by atoms with Gasteiger partial charge in [-0.15, -0.1) is 0 Å². The maximum atomic E-state index is 12.0. The Labute approximate surface area is 121 Å². The maximum Gasteiger partial charge on any atom is 0.279 e. The van der Waals surface area contributed by atoms with Crippen molar-refractivity contribution in [3.63, 3.8) is 0 Å². The van der Waals surface area contributed by atoms with Gasteiger partial charge < -0.3 is 14.6 Å². The van der Waals surface area contributed by atoms with E-state index in [1.54, 1.807) is 0 Å². The summed E-state index contributed by atoms with van der Waals surface area (Å²) in [6.45, 7) is 2.72. The van der Waals surface area contributed by atoms with Crippen molar-refractivity contribution in [2.24, 2.45) is 0 Å². The van der Waals surface area contributed by atoms with Crippen LogP contribution in [0.25, 0.3) is 0 Å². The number of imidazole rings is 1. The predicted molar refractivity (Wildman–Crippen MR) is 74.5 cm³/mol. The highest BCUT2D eigenvalue weighted by Crippen LogP contribution is 2.15. The van der Waals surface area contributed by atoms with Gasteiger partial charge in [0, 0.05) is 13.1 Å². The molecule has 112 valence electrons. The number of sulfonamides is 1. The molecule has 3 rings (SSSR count). The van der Waals surface area contributed by atoms with Crippen LogP contribution in [0.1, 0.15) is 0 Å². The smallest absolute Gasteiger partial charge is 0.279 e. The van der Waals surface area contributed by atoms with Crippen molar-refractivity contribution in [1.82, 2.24) is 19.9 Å². The molecule has 21 heavy (non-hydrogen) atoms. The second-order valence-corrected chi connectivity index (χ2v) is 6.04. The van der Waals surface area contributed by atoms with Crippen LogP contribution in [0.15, 0.2) is 29.9 Å². The number of anilines is 2. The van der Waals surface area contributed by atoms with Crippen LogP contribution in [0, 0.1) is 0 Å². The minimum absolute atomic E-state index is 0.0141. The third-order valence-electron chi connectivity index (χ3n) is 2.95. The molecule has 3 heterocycles. The van der Waals surface area contributed by atoms with Gasteiger partial charge in [0.15, 0.2) is 5.03 Å². The summed E-state index contributed by atoms with van der Waals surface area (Å²) in [7, 11) is -3.69. The molecule has 1 fully saturated rings. The van der Waals surface area contributed by atoms with Crippen molar-refractivity contribution in [3.05, 3.63) is 24.9 Å². The van der Waals surface area contributed by atoms with Crippen molar-refractivity contribution in [1.29, 1.82) is 0 Å². The van der Waals surface area contributed by atoms with Crippen LogP contribution in [0.4, 0.5) is 11.6 Å². The monoisotopic (exact) mass is 310 g/mol. The molecule has 2 N–H and O–H groups in total. The zero-order valence-electron chi connectivity index (χ0n) is 11.1. The lowest BCUT2D eigenvalue weighted by atomic mass is 10.4. The molecule has 0 amide bonds. The Hall–Kier alpha value is -2.20. The van der Waals surface area contributed by atoms with Crippen molar-refractivity contribution in [2.45, 2.75) is 5.03 Å². The normalized spacial score (nSPS) is 15.9. The molecule has 0 spiro atoms. The number of ether oxygens (including phenoxy) is 1. The van der Waals surface area contributed by atoms with E-state index in [2.05, 4.69) is 24.7 Å². The number of aromatic nitrogens is 4. The van der Waals surface area contributed by atoms with E-state index in [1.807, 2.05) is 4.90 Å². The number of aromatic amines is 1. The van der Waals surface area contributed by atoms with Gasteiger partial charge in [-0.1, -0.05) is 0 Å². The fourth-order valence-corrected chi connectivity index (χ4v) is 2.83. The Kier molecular flexibility index (Phi) is 3.71. The minimum Gasteiger partial charge on any atom is -0.378 e. The molecule has 2 aromatic rings. The molecule has 0 unspecified atom stereocenters. The highest BCUT2D eigenvalue weighted by Gasteiger charge is 2.17. The Morgan fingerprint density at radius 2 is 1.90 bits per heavy atom. The topological polar surface area (TPSA) is 113 Å². The Morgan fingerprint density at radius 1 is 1.19 bits per heavy atom. The zero-order valence-corrected chi connectivity index (χ0v) is 11.9. The summed E-state index contributed by atoms with van der Waals surface area (Å²) in [5.41, 5.74) is 0.293. The highest BCUT2D eigenvalue weighted by molar-refractivity contribution is 7.92. The van der Waals surface area contributed by atoms with Crippen molar-refractivity contribution >= 4 is 21.7 Å². The van der Waals surface area contributed by atoms with Crippen LogP contribution < -0.4 is 9.62 Å². The van der Waals surface area contributed by atoms with E-state index in [1.165, 1.54) is 24.9 Å². The third kappa shape index (κ3) is 3.11. The molecule has 0 saturated carbocycles. The molecule has 1 saturated heterocycles. The van der Waals surface area contributed by atoms with Crippen LogP contribution in [0.5, 0.6) is 0 Å². The van der Waals surface area contributed by atoms with E-state index < -0.39 is 10.0 Å². The second-order valence-electron chi connectivity index (χ2n) is 4.39. The molecule has 9 nitrogen and oxygen atoms in total. The standard InChI is InChI=1S/C11H14N6O3S/c18-21(19,10-7-12-8-15-10)16-9-5-13-11(14-6-9)17-1-3-20-4-2-17/h5-8,16H,1-4H2,(H,12,15). The van der Waals surface area contributed by atoms with Gasteiger partial charge in [-0.2, -0.15) is 8.42 Å². The number of nitrogens with one attached hydrogen (secondary N) is 2. The fourth-order valence-electron chi connectivity index (χ4n) is 1.90. The lowest BCUT2D eigenvalue weighted by molar-refractivity contribution is 0.122. The molecule has 0 radical (unpaired) electrons. The van der Waals surface area contributed by atoms with Crippen LogP contribution >= 0.6 is 0 Å². The first-order chi connectivity index (χ1) is 10.1. The summed E-state index contributed by atoms with van der Waals surface area (Å²) in [6, 6.07) is 0. The van der Waals surface area contributed by atoms with E-state index in [0.29, 0.717) is 24.8 Å². The summed E-state index contributed by atoms with van der Waals surface area (Å²) < 4.78 is 31.6. The first kappa shape index (κ1) is 13.8. The van der Waals surface area contributed by atoms with Gasteiger partial charge in [0.05, 0.1) is 43.8 Å². The molecule has 1 aliphatic heterocycles. The van der Waals surface area contributed by atoms with Crippen LogP contribution in [0.3, 0.4) is 0 Å². The molecule has 2 aromatic heterocycles. The summed E-state index contributed by atoms with van der Waals surface area (Å²) >= 11 is 0. The molecular weight excluding hydrogens is 296 g/mol. The maximum absolute atomic E-state index is 12.0. The van der Waals surface area contributed by atoms with E-state index in [-0.39, 0.29) is 5.03 Å². The molecule has 0 aromatic carbocycles. The van der Waals surface area contributed by atoms with Gasteiger partial charge in [-0.25, -0.2) is 15.0 Å². The van der Waals surface area contributed by atoms with Crippen molar-refractivity contribution < 1.29 is 13.2 Å². The molecule has 0 atom stereocenters. The minimum atomic E-state index is -3.69. The molecule has 10 heteroatoms. The second kappa shape index (κ2) is 5.66. The lowest BCUT2D eigenvalue weighted by Crippen LogP contribution is -2.37. The van der Waals surface area contributed by atoms with Gasteiger partial charge in [0.2, 0.25) is 5.95 Å². The summed E-state index contributed by atoms with van der Waals surface area (Å²) in [5.74, 6) is 0.558. The van der Waals surface area contributed by atoms with Crippen LogP contribution in [0.2, 0.25) is 0 Å². The zero-order chi connectivity index (χ0) is 14.7. The van der Waals surface area contributed by atoms with Gasteiger partial charge >= 0.3 is 0 Å². The molecule has 1 aliphatic rings. The van der Waals surface area contributed by atoms with Gasteiger partial charge in [-0.05, 0) is 0 Å². The lowest BCUT2D eigenvalue weighted by Gasteiger charge is -2.26. The first-order valence-corrected chi connectivity index (χ1v) is 7.79. The van der Waals surface area contributed by atoms with Gasteiger partial charge in [0.25, 0.3) is 10.0 Å². The van der Waals surface area contributed by atoms with Crippen molar-refractivity contribution in [3.8, 4) is 0 Å². The first-order valence-electron chi connectivity index (χ1n) is 6.31. The number of morpholine rings is 1. The summed E-state index contributed by atoms with van der Waals surface area (Å²) in [6.07, 6.45) is 5.40. The van der Waals surface area contributed by atoms with E-state index in [9.17, 15) is 8.42 Å². The number of rotatable bonds is 4. The highest BCUT2D eigenvalue weighted by atomic mass is 32.2. The largest absolute Gasteiger partial charge is 0.378 e. The molecular formula is C11H14N6O3S. The average molecular weight is 310 g/mol. The van der Waals surface area contributed by atoms with E-state index in [4.69, 9.17) is 4.74 Å². The Morgan fingerprint density at radius 3 is 2.52 bits per heavy atom. The van der Waals surface area contributed by atoms with Crippen LogP contribution in [-0.2, 0) is 14.8 Å². The van der Waals surface area contributed by atoms with Crippen molar-refractivity contribution in [2.75, 3.05) is 35.9 Å². The van der Waals surface area contributed by atoms with Gasteiger partial charge in [-0.3, -0.25) is 4.72 Å². The Balaban J connectivity index is 1.72. The molecule has 0 aliphatic carbocycles. The fraction of sp³-hybridized carbons (Fsp3) is 0.364.